The molecule has 0 heterocycles. The molecule has 0 saturated heterocycles. The van der Waals surface area contributed by atoms with Crippen LogP contribution in [0.4, 0.5) is 0 Å². The van der Waals surface area contributed by atoms with Crippen LogP contribution in [0.3, 0.4) is 0 Å². The molecule has 0 aliphatic heterocycles. The summed E-state index contributed by atoms with van der Waals surface area (Å²) in [5.74, 6) is -0.602. The predicted molar refractivity (Wildman–Crippen MR) is 100 cm³/mol. The summed E-state index contributed by atoms with van der Waals surface area (Å²) in [6.45, 7) is 9.78. The molecule has 0 bridgehead atoms. The van der Waals surface area contributed by atoms with E-state index in [-0.39, 0.29) is 30.8 Å². The zero-order chi connectivity index (χ0) is 20.1. The summed E-state index contributed by atoms with van der Waals surface area (Å²) in [4.78, 5) is 43.6. The van der Waals surface area contributed by atoms with Gasteiger partial charge in [0.2, 0.25) is 18.2 Å². The van der Waals surface area contributed by atoms with Crippen molar-refractivity contribution in [2.24, 2.45) is 0 Å². The third-order valence-electron chi connectivity index (χ3n) is 2.87. The Labute approximate surface area is 151 Å². The van der Waals surface area contributed by atoms with Gasteiger partial charge in [0.25, 0.3) is 0 Å². The Morgan fingerprint density at radius 2 is 1.48 bits per heavy atom. The number of carbonyl (C=O) groups is 4. The van der Waals surface area contributed by atoms with Gasteiger partial charge in [0.05, 0.1) is 19.1 Å². The number of likely N-dealkylation sites (N-methyl/N-ethyl adjacent to an activating group) is 1. The van der Waals surface area contributed by atoms with Gasteiger partial charge in [-0.3, -0.25) is 19.2 Å². The Kier molecular flexibility index (Phi) is 24.6. The van der Waals surface area contributed by atoms with Crippen molar-refractivity contribution in [1.29, 1.82) is 0 Å². The summed E-state index contributed by atoms with van der Waals surface area (Å²) in [5, 5.41) is 10.2. The molecular weight excluding hydrogens is 324 g/mol. The molecule has 0 saturated carbocycles. The maximum atomic E-state index is 11.4. The molecule has 1 unspecified atom stereocenters. The van der Waals surface area contributed by atoms with E-state index in [1.807, 2.05) is 27.7 Å². The summed E-state index contributed by atoms with van der Waals surface area (Å²) < 4.78 is 0. The van der Waals surface area contributed by atoms with Crippen molar-refractivity contribution in [3.8, 4) is 0 Å². The van der Waals surface area contributed by atoms with Crippen molar-refractivity contribution in [1.82, 2.24) is 21.3 Å². The maximum absolute atomic E-state index is 11.4. The van der Waals surface area contributed by atoms with Crippen LogP contribution in [0.25, 0.3) is 0 Å². The van der Waals surface area contributed by atoms with E-state index in [2.05, 4.69) is 21.3 Å². The molecular formula is C17H36N4O4. The smallest absolute Gasteiger partial charge is 0.239 e. The lowest BCUT2D eigenvalue weighted by molar-refractivity contribution is -0.126. The van der Waals surface area contributed by atoms with E-state index >= 15 is 0 Å². The average molecular weight is 360 g/mol. The number of hydrogen-bond acceptors (Lipinski definition) is 5. The first kappa shape index (κ1) is 27.9. The number of amides is 3. The topological polar surface area (TPSA) is 116 Å². The fourth-order valence-electron chi connectivity index (χ4n) is 1.69. The van der Waals surface area contributed by atoms with Gasteiger partial charge in [-0.15, -0.1) is 0 Å². The first-order chi connectivity index (χ1) is 12.0. The Bertz CT molecular complexity index is 363. The van der Waals surface area contributed by atoms with E-state index in [1.54, 1.807) is 14.0 Å². The number of unbranched alkanes of at least 4 members (excludes halogenated alkanes) is 1. The number of ketones is 1. The van der Waals surface area contributed by atoms with Crippen molar-refractivity contribution < 1.29 is 19.2 Å². The number of rotatable bonds is 12. The van der Waals surface area contributed by atoms with E-state index in [1.165, 1.54) is 0 Å². The Hall–Kier alpha value is -1.96. The number of Topliss-reactive ketones (excluding diaryl/α,β-unsaturated/α-hetero) is 1. The second kappa shape index (κ2) is 22.0. The van der Waals surface area contributed by atoms with Crippen LogP contribution in [0.1, 0.15) is 53.9 Å². The molecule has 3 amide bonds. The minimum absolute atomic E-state index is 0.105. The molecule has 148 valence electrons. The summed E-state index contributed by atoms with van der Waals surface area (Å²) in [6, 6.07) is -0.134. The van der Waals surface area contributed by atoms with Crippen LogP contribution >= 0.6 is 0 Å². The van der Waals surface area contributed by atoms with Crippen LogP contribution in [0.5, 0.6) is 0 Å². The molecule has 0 aromatic rings. The van der Waals surface area contributed by atoms with Crippen molar-refractivity contribution >= 4 is 24.0 Å². The average Bonchev–Trinajstić information content (AvgIpc) is 2.64. The van der Waals surface area contributed by atoms with Crippen molar-refractivity contribution in [2.75, 3.05) is 26.7 Å². The zero-order valence-electron chi connectivity index (χ0n) is 16.5. The molecule has 0 aliphatic carbocycles. The second-order valence-corrected chi connectivity index (χ2v) is 4.57. The normalized spacial score (nSPS) is 10.0. The SMILES string of the molecule is CC.CC.CNC(CCCCNC(=O)CNC(=O)CNC=O)C(C)=O. The number of carbonyl (C=O) groups excluding carboxylic acids is 4. The molecule has 0 spiro atoms. The second-order valence-electron chi connectivity index (χ2n) is 4.57. The standard InChI is InChI=1S/C13H24N4O4.2C2H6/c1-10(19)11(14-2)5-3-4-6-16-13(21)8-17-12(20)7-15-9-18;2*1-2/h9,11,14H,3-8H2,1-2H3,(H,15,18)(H,16,21)(H,17,20);2*1-2H3. The monoisotopic (exact) mass is 360 g/mol. The highest BCUT2D eigenvalue weighted by Crippen LogP contribution is 2.00. The number of nitrogens with one attached hydrogen (secondary N) is 4. The van der Waals surface area contributed by atoms with Crippen molar-refractivity contribution in [2.45, 2.75) is 59.9 Å². The van der Waals surface area contributed by atoms with Gasteiger partial charge in [-0.05, 0) is 33.2 Å². The van der Waals surface area contributed by atoms with Crippen LogP contribution in [-0.4, -0.2) is 56.7 Å². The highest BCUT2D eigenvalue weighted by Gasteiger charge is 2.10. The highest BCUT2D eigenvalue weighted by atomic mass is 16.2. The first-order valence-electron chi connectivity index (χ1n) is 8.89. The van der Waals surface area contributed by atoms with Gasteiger partial charge in [-0.1, -0.05) is 27.7 Å². The molecule has 0 aliphatic rings. The van der Waals surface area contributed by atoms with Crippen LogP contribution < -0.4 is 21.3 Å². The summed E-state index contributed by atoms with van der Waals surface area (Å²) in [5.41, 5.74) is 0. The predicted octanol–water partition coefficient (Wildman–Crippen LogP) is 0.365. The summed E-state index contributed by atoms with van der Waals surface area (Å²) in [6.07, 6.45) is 2.73. The Morgan fingerprint density at radius 1 is 0.920 bits per heavy atom. The van der Waals surface area contributed by atoms with Crippen LogP contribution in [0, 0.1) is 0 Å². The molecule has 1 atom stereocenters. The highest BCUT2D eigenvalue weighted by molar-refractivity contribution is 5.86. The van der Waals surface area contributed by atoms with Gasteiger partial charge in [-0.2, -0.15) is 0 Å². The third kappa shape index (κ3) is 20.0. The van der Waals surface area contributed by atoms with E-state index in [0.717, 1.165) is 19.3 Å². The van der Waals surface area contributed by atoms with E-state index in [4.69, 9.17) is 0 Å². The molecule has 0 fully saturated rings. The molecule has 0 aromatic carbocycles. The van der Waals surface area contributed by atoms with Crippen molar-refractivity contribution in [3.63, 3.8) is 0 Å². The summed E-state index contributed by atoms with van der Waals surface area (Å²) >= 11 is 0. The minimum Gasteiger partial charge on any atom is -0.355 e. The Morgan fingerprint density at radius 3 is 1.96 bits per heavy atom. The molecule has 8 nitrogen and oxygen atoms in total. The molecule has 0 aromatic heterocycles. The van der Waals surface area contributed by atoms with Gasteiger partial charge in [0.15, 0.2) is 0 Å². The van der Waals surface area contributed by atoms with Crippen LogP contribution in [-0.2, 0) is 19.2 Å². The lowest BCUT2D eigenvalue weighted by atomic mass is 10.1. The fraction of sp³-hybridized carbons (Fsp3) is 0.765. The van der Waals surface area contributed by atoms with Gasteiger partial charge in [-0.25, -0.2) is 0 Å². The van der Waals surface area contributed by atoms with E-state index in [9.17, 15) is 19.2 Å². The maximum Gasteiger partial charge on any atom is 0.239 e. The largest absolute Gasteiger partial charge is 0.355 e. The molecule has 25 heavy (non-hydrogen) atoms. The van der Waals surface area contributed by atoms with Crippen LogP contribution in [0.15, 0.2) is 0 Å². The Balaban J connectivity index is -0.00000112. The van der Waals surface area contributed by atoms with Crippen molar-refractivity contribution in [3.05, 3.63) is 0 Å². The van der Waals surface area contributed by atoms with Gasteiger partial charge >= 0.3 is 0 Å². The lowest BCUT2D eigenvalue weighted by Gasteiger charge is -2.12. The van der Waals surface area contributed by atoms with Crippen LogP contribution in [0.2, 0.25) is 0 Å². The van der Waals surface area contributed by atoms with Gasteiger partial charge < -0.3 is 21.3 Å². The molecule has 8 heteroatoms. The zero-order valence-corrected chi connectivity index (χ0v) is 16.5. The lowest BCUT2D eigenvalue weighted by Crippen LogP contribution is -2.40. The molecule has 4 N–H and O–H groups in total. The number of hydrogen-bond donors (Lipinski definition) is 4. The van der Waals surface area contributed by atoms with Gasteiger partial charge in [0, 0.05) is 6.54 Å². The van der Waals surface area contributed by atoms with E-state index < -0.39 is 5.91 Å². The van der Waals surface area contributed by atoms with Gasteiger partial charge in [0.1, 0.15) is 5.78 Å². The third-order valence-corrected chi connectivity index (χ3v) is 2.87. The minimum atomic E-state index is -0.421. The summed E-state index contributed by atoms with van der Waals surface area (Å²) in [7, 11) is 1.75. The quantitative estimate of drug-likeness (QED) is 0.296. The fourth-order valence-corrected chi connectivity index (χ4v) is 1.69. The first-order valence-corrected chi connectivity index (χ1v) is 8.89. The molecule has 0 radical (unpaired) electrons. The van der Waals surface area contributed by atoms with E-state index in [0.29, 0.717) is 13.0 Å². The molecule has 0 rings (SSSR count).